The van der Waals surface area contributed by atoms with E-state index in [2.05, 4.69) is 4.98 Å². The number of nitro benzene ring substituents is 2. The van der Waals surface area contributed by atoms with E-state index in [0.717, 1.165) is 11.6 Å². The van der Waals surface area contributed by atoms with Crippen LogP contribution in [0.1, 0.15) is 0 Å². The Labute approximate surface area is 117 Å². The summed E-state index contributed by atoms with van der Waals surface area (Å²) in [6.07, 6.45) is 3.34. The van der Waals surface area contributed by atoms with Gasteiger partial charge in [-0.1, -0.05) is 6.07 Å². The van der Waals surface area contributed by atoms with Crippen LogP contribution in [0.3, 0.4) is 0 Å². The van der Waals surface area contributed by atoms with Crippen LogP contribution in [0.5, 0.6) is 0 Å². The molecular formula is C13H8N4O4. The average Bonchev–Trinajstić information content (AvgIpc) is 2.90. The molecule has 3 aromatic rings. The zero-order valence-electron chi connectivity index (χ0n) is 10.5. The van der Waals surface area contributed by atoms with Crippen LogP contribution >= 0.6 is 0 Å². The third-order valence-corrected chi connectivity index (χ3v) is 3.02. The summed E-state index contributed by atoms with van der Waals surface area (Å²) in [6, 6.07) is 8.91. The lowest BCUT2D eigenvalue weighted by Crippen LogP contribution is -1.95. The van der Waals surface area contributed by atoms with Crippen LogP contribution in [0.4, 0.5) is 11.4 Å². The van der Waals surface area contributed by atoms with Crippen LogP contribution in [0.15, 0.2) is 48.8 Å². The predicted octanol–water partition coefficient (Wildman–Crippen LogP) is 2.82. The van der Waals surface area contributed by atoms with E-state index >= 15 is 0 Å². The SMILES string of the molecule is O=[N+]([O-])c1cc(-c2ncc3ccccn23)cc([N+](=O)[O-])c1. The van der Waals surface area contributed by atoms with Gasteiger partial charge in [-0.2, -0.15) is 0 Å². The highest BCUT2D eigenvalue weighted by molar-refractivity contribution is 5.68. The number of rotatable bonds is 3. The van der Waals surface area contributed by atoms with Gasteiger partial charge in [0.2, 0.25) is 0 Å². The molecule has 0 saturated carbocycles. The van der Waals surface area contributed by atoms with Crippen LogP contribution in [0.25, 0.3) is 16.9 Å². The van der Waals surface area contributed by atoms with Crippen molar-refractivity contribution < 1.29 is 9.85 Å². The first-order valence-electron chi connectivity index (χ1n) is 5.92. The van der Waals surface area contributed by atoms with Gasteiger partial charge in [-0.3, -0.25) is 24.6 Å². The quantitative estimate of drug-likeness (QED) is 0.543. The molecule has 0 N–H and O–H groups in total. The highest BCUT2D eigenvalue weighted by Gasteiger charge is 2.19. The Kier molecular flexibility index (Phi) is 2.83. The monoisotopic (exact) mass is 284 g/mol. The second-order valence-electron chi connectivity index (χ2n) is 4.33. The van der Waals surface area contributed by atoms with Crippen LogP contribution in [-0.4, -0.2) is 19.2 Å². The molecule has 0 aliphatic heterocycles. The van der Waals surface area contributed by atoms with Crippen molar-refractivity contribution in [3.63, 3.8) is 0 Å². The van der Waals surface area contributed by atoms with Gasteiger partial charge >= 0.3 is 0 Å². The molecule has 0 atom stereocenters. The van der Waals surface area contributed by atoms with Crippen molar-refractivity contribution in [2.45, 2.75) is 0 Å². The third kappa shape index (κ3) is 2.18. The topological polar surface area (TPSA) is 104 Å². The largest absolute Gasteiger partial charge is 0.300 e. The molecule has 0 bridgehead atoms. The van der Waals surface area contributed by atoms with E-state index in [0.29, 0.717) is 11.4 Å². The molecule has 8 heteroatoms. The summed E-state index contributed by atoms with van der Waals surface area (Å²) in [7, 11) is 0. The van der Waals surface area contributed by atoms with Crippen molar-refractivity contribution in [1.29, 1.82) is 0 Å². The first-order valence-corrected chi connectivity index (χ1v) is 5.92. The number of non-ortho nitro benzene ring substituents is 2. The first-order chi connectivity index (χ1) is 10.1. The molecule has 8 nitrogen and oxygen atoms in total. The summed E-state index contributed by atoms with van der Waals surface area (Å²) < 4.78 is 1.71. The van der Waals surface area contributed by atoms with E-state index in [-0.39, 0.29) is 11.4 Å². The van der Waals surface area contributed by atoms with Gasteiger partial charge in [-0.05, 0) is 12.1 Å². The summed E-state index contributed by atoms with van der Waals surface area (Å²) in [5, 5.41) is 21.8. The van der Waals surface area contributed by atoms with E-state index in [9.17, 15) is 20.2 Å². The second-order valence-corrected chi connectivity index (χ2v) is 4.33. The predicted molar refractivity (Wildman–Crippen MR) is 73.9 cm³/mol. The molecule has 0 fully saturated rings. The summed E-state index contributed by atoms with van der Waals surface area (Å²) in [4.78, 5) is 24.7. The van der Waals surface area contributed by atoms with Gasteiger partial charge in [0.1, 0.15) is 5.82 Å². The van der Waals surface area contributed by atoms with Gasteiger partial charge < -0.3 is 0 Å². The zero-order chi connectivity index (χ0) is 15.0. The smallest absolute Gasteiger partial charge is 0.277 e. The Morgan fingerprint density at radius 1 is 1.00 bits per heavy atom. The van der Waals surface area contributed by atoms with Gasteiger partial charge in [-0.15, -0.1) is 0 Å². The molecule has 0 amide bonds. The number of hydrogen-bond acceptors (Lipinski definition) is 5. The maximum Gasteiger partial charge on any atom is 0.277 e. The highest BCUT2D eigenvalue weighted by atomic mass is 16.6. The maximum absolute atomic E-state index is 10.9. The minimum atomic E-state index is -0.660. The molecule has 3 rings (SSSR count). The Hall–Kier alpha value is -3.29. The molecule has 0 spiro atoms. The molecule has 21 heavy (non-hydrogen) atoms. The number of nitrogens with zero attached hydrogens (tertiary/aromatic N) is 4. The molecule has 0 radical (unpaired) electrons. The minimum absolute atomic E-state index is 0.321. The van der Waals surface area contributed by atoms with Gasteiger partial charge in [0.05, 0.1) is 27.6 Å². The number of imidazole rings is 1. The Bertz CT molecular complexity index is 839. The number of fused-ring (bicyclic) bond motifs is 1. The average molecular weight is 284 g/mol. The Morgan fingerprint density at radius 2 is 1.67 bits per heavy atom. The number of benzene rings is 1. The number of aromatic nitrogens is 2. The third-order valence-electron chi connectivity index (χ3n) is 3.02. The van der Waals surface area contributed by atoms with E-state index < -0.39 is 9.85 Å². The van der Waals surface area contributed by atoms with Gasteiger partial charge in [0.25, 0.3) is 11.4 Å². The zero-order valence-corrected chi connectivity index (χ0v) is 10.5. The fraction of sp³-hybridized carbons (Fsp3) is 0. The Balaban J connectivity index is 2.26. The van der Waals surface area contributed by atoms with Crippen molar-refractivity contribution >= 4 is 16.9 Å². The van der Waals surface area contributed by atoms with Crippen LogP contribution in [-0.2, 0) is 0 Å². The summed E-state index contributed by atoms with van der Waals surface area (Å²) in [6.45, 7) is 0. The number of nitro groups is 2. The van der Waals surface area contributed by atoms with Crippen LogP contribution in [0.2, 0.25) is 0 Å². The van der Waals surface area contributed by atoms with Crippen molar-refractivity contribution in [3.05, 3.63) is 69.0 Å². The summed E-state index contributed by atoms with van der Waals surface area (Å²) >= 11 is 0. The molecule has 0 unspecified atom stereocenters. The van der Waals surface area contributed by atoms with E-state index in [1.165, 1.54) is 12.1 Å². The van der Waals surface area contributed by atoms with Gasteiger partial charge in [-0.25, -0.2) is 4.98 Å². The molecule has 0 aliphatic rings. The first kappa shape index (κ1) is 12.7. The molecule has 2 heterocycles. The van der Waals surface area contributed by atoms with Crippen molar-refractivity contribution in [3.8, 4) is 11.4 Å². The standard InChI is InChI=1S/C13H8N4O4/c18-16(19)11-5-9(6-12(7-11)17(20)21)13-14-8-10-3-1-2-4-15(10)13/h1-8H. The van der Waals surface area contributed by atoms with E-state index in [1.807, 2.05) is 12.1 Å². The lowest BCUT2D eigenvalue weighted by Gasteiger charge is -2.02. The van der Waals surface area contributed by atoms with E-state index in [1.54, 1.807) is 22.9 Å². The minimum Gasteiger partial charge on any atom is -0.300 e. The van der Waals surface area contributed by atoms with Gasteiger partial charge in [0, 0.05) is 23.9 Å². The summed E-state index contributed by atoms with van der Waals surface area (Å²) in [5.41, 5.74) is 0.433. The Morgan fingerprint density at radius 3 is 2.29 bits per heavy atom. The lowest BCUT2D eigenvalue weighted by molar-refractivity contribution is -0.394. The molecule has 2 aromatic heterocycles. The molecule has 0 saturated heterocycles. The second kappa shape index (κ2) is 4.67. The highest BCUT2D eigenvalue weighted by Crippen LogP contribution is 2.29. The summed E-state index contributed by atoms with van der Waals surface area (Å²) in [5.74, 6) is 0.414. The number of pyridine rings is 1. The lowest BCUT2D eigenvalue weighted by atomic mass is 10.1. The fourth-order valence-corrected chi connectivity index (χ4v) is 2.09. The van der Waals surface area contributed by atoms with Crippen molar-refractivity contribution in [2.75, 3.05) is 0 Å². The van der Waals surface area contributed by atoms with Crippen molar-refractivity contribution in [2.24, 2.45) is 0 Å². The van der Waals surface area contributed by atoms with Crippen LogP contribution < -0.4 is 0 Å². The fourth-order valence-electron chi connectivity index (χ4n) is 2.09. The molecular weight excluding hydrogens is 276 g/mol. The van der Waals surface area contributed by atoms with Gasteiger partial charge in [0.15, 0.2) is 0 Å². The normalized spacial score (nSPS) is 10.7. The van der Waals surface area contributed by atoms with Crippen LogP contribution in [0, 0.1) is 20.2 Å². The van der Waals surface area contributed by atoms with Crippen molar-refractivity contribution in [1.82, 2.24) is 9.38 Å². The molecule has 0 aliphatic carbocycles. The molecule has 1 aromatic carbocycles. The maximum atomic E-state index is 10.9. The van der Waals surface area contributed by atoms with E-state index in [4.69, 9.17) is 0 Å². The molecule has 104 valence electrons. The number of hydrogen-bond donors (Lipinski definition) is 0.